The van der Waals surface area contributed by atoms with E-state index in [1.54, 1.807) is 7.11 Å². The van der Waals surface area contributed by atoms with Crippen LogP contribution in [0.5, 0.6) is 11.5 Å². The zero-order valence-electron chi connectivity index (χ0n) is 20.8. The van der Waals surface area contributed by atoms with Gasteiger partial charge in [0.1, 0.15) is 0 Å². The molecule has 0 spiro atoms. The fourth-order valence-corrected chi connectivity index (χ4v) is 8.73. The van der Waals surface area contributed by atoms with Crippen LogP contribution >= 0.6 is 0 Å². The first kappa shape index (κ1) is 22.7. The van der Waals surface area contributed by atoms with Gasteiger partial charge in [-0.3, -0.25) is 9.59 Å². The first-order valence-corrected chi connectivity index (χ1v) is 12.8. The third-order valence-corrected chi connectivity index (χ3v) is 10.5. The number of amides is 1. The number of para-hydroxylation sites is 2. The highest BCUT2D eigenvalue weighted by Gasteiger charge is 2.64. The second-order valence-corrected chi connectivity index (χ2v) is 11.8. The summed E-state index contributed by atoms with van der Waals surface area (Å²) in [5.74, 6) is 3.62. The lowest BCUT2D eigenvalue weighted by molar-refractivity contribution is -0.170. The normalized spacial score (nSPS) is 42.2. The number of likely N-dealkylation sites (tertiary alicyclic amines) is 1. The molecule has 1 amide bonds. The molecule has 8 atom stereocenters. The van der Waals surface area contributed by atoms with Gasteiger partial charge >= 0.3 is 5.97 Å². The number of rotatable bonds is 3. The maximum Gasteiger partial charge on any atom is 0.315 e. The van der Waals surface area contributed by atoms with Gasteiger partial charge in [-0.05, 0) is 85.2 Å². The molecule has 1 aromatic rings. The Labute approximate surface area is 198 Å². The van der Waals surface area contributed by atoms with Gasteiger partial charge in [0.25, 0.3) is 0 Å². The minimum Gasteiger partial charge on any atom is -0.493 e. The van der Waals surface area contributed by atoms with Crippen molar-refractivity contribution in [3.05, 3.63) is 24.3 Å². The van der Waals surface area contributed by atoms with Gasteiger partial charge in [0.05, 0.1) is 13.0 Å². The van der Waals surface area contributed by atoms with Crippen LogP contribution in [-0.4, -0.2) is 37.0 Å². The van der Waals surface area contributed by atoms with E-state index in [4.69, 9.17) is 9.47 Å². The molecule has 1 heterocycles. The number of hydrogen-bond donors (Lipinski definition) is 0. The van der Waals surface area contributed by atoms with Crippen molar-refractivity contribution in [2.24, 2.45) is 40.4 Å². The lowest BCUT2D eigenvalue weighted by atomic mass is 9.44. The van der Waals surface area contributed by atoms with Gasteiger partial charge in [0.15, 0.2) is 11.5 Å². The molecule has 3 aliphatic carbocycles. The molecule has 4 fully saturated rings. The Morgan fingerprint density at radius 3 is 2.45 bits per heavy atom. The predicted molar refractivity (Wildman–Crippen MR) is 127 cm³/mol. The summed E-state index contributed by atoms with van der Waals surface area (Å²) >= 11 is 0. The molecule has 180 valence electrons. The van der Waals surface area contributed by atoms with Crippen LogP contribution in [0.2, 0.25) is 0 Å². The molecule has 3 saturated carbocycles. The Kier molecular flexibility index (Phi) is 5.53. The van der Waals surface area contributed by atoms with Gasteiger partial charge in [0.2, 0.25) is 5.91 Å². The summed E-state index contributed by atoms with van der Waals surface area (Å²) in [5, 5.41) is 0. The molecular weight excluding hydrogens is 414 g/mol. The monoisotopic (exact) mass is 453 g/mol. The average molecular weight is 454 g/mol. The predicted octanol–water partition coefficient (Wildman–Crippen LogP) is 5.33. The molecule has 4 aliphatic rings. The number of nitrogens with zero attached hydrogens (tertiary/aromatic N) is 1. The molecule has 5 nitrogen and oxygen atoms in total. The fraction of sp³-hybridized carbons (Fsp3) is 0.714. The highest BCUT2D eigenvalue weighted by molar-refractivity contribution is 5.78. The standard InChI is InChI=1S/C28H39NO4/c1-17-16-23-28(3,15-13-24(30)29(23)4)19-12-14-27(2)18(25(17)19)10-11-20(27)26(31)33-22-9-7-6-8-21(22)32-5/h6-9,17-20,23,25H,10-16H2,1-5H3/t17-,18-,19-,20+,23+,25-,27-,28+/m0/s1. The highest BCUT2D eigenvalue weighted by Crippen LogP contribution is 2.67. The molecule has 0 aromatic heterocycles. The van der Waals surface area contributed by atoms with Crippen molar-refractivity contribution in [1.82, 2.24) is 4.90 Å². The summed E-state index contributed by atoms with van der Waals surface area (Å²) in [5.41, 5.74) is 0.172. The first-order chi connectivity index (χ1) is 15.7. The van der Waals surface area contributed by atoms with Crippen molar-refractivity contribution < 1.29 is 19.1 Å². The molecule has 0 unspecified atom stereocenters. The van der Waals surface area contributed by atoms with E-state index < -0.39 is 0 Å². The summed E-state index contributed by atoms with van der Waals surface area (Å²) in [6.45, 7) is 7.21. The molecular formula is C28H39NO4. The number of benzene rings is 1. The largest absolute Gasteiger partial charge is 0.493 e. The van der Waals surface area contributed by atoms with E-state index in [0.717, 1.165) is 38.5 Å². The maximum absolute atomic E-state index is 13.4. The van der Waals surface area contributed by atoms with Gasteiger partial charge < -0.3 is 14.4 Å². The quantitative estimate of drug-likeness (QED) is 0.459. The number of esters is 1. The van der Waals surface area contributed by atoms with E-state index in [1.807, 2.05) is 31.3 Å². The molecule has 1 aromatic carbocycles. The second kappa shape index (κ2) is 8.02. The van der Waals surface area contributed by atoms with Gasteiger partial charge in [-0.25, -0.2) is 0 Å². The number of methoxy groups -OCH3 is 1. The first-order valence-electron chi connectivity index (χ1n) is 12.8. The van der Waals surface area contributed by atoms with Crippen LogP contribution in [0.15, 0.2) is 24.3 Å². The average Bonchev–Trinajstić information content (AvgIpc) is 3.15. The van der Waals surface area contributed by atoms with E-state index in [-0.39, 0.29) is 22.7 Å². The van der Waals surface area contributed by atoms with Crippen molar-refractivity contribution in [3.63, 3.8) is 0 Å². The van der Waals surface area contributed by atoms with Crippen LogP contribution < -0.4 is 9.47 Å². The number of hydrogen-bond acceptors (Lipinski definition) is 4. The summed E-state index contributed by atoms with van der Waals surface area (Å²) in [6.07, 6.45) is 7.00. The van der Waals surface area contributed by atoms with E-state index in [0.29, 0.717) is 53.5 Å². The minimum atomic E-state index is -0.0986. The Morgan fingerprint density at radius 1 is 1.03 bits per heavy atom. The minimum absolute atomic E-state index is 0.0197. The van der Waals surface area contributed by atoms with Crippen molar-refractivity contribution >= 4 is 11.9 Å². The number of ether oxygens (including phenoxy) is 2. The van der Waals surface area contributed by atoms with E-state index in [1.165, 1.54) is 0 Å². The molecule has 33 heavy (non-hydrogen) atoms. The summed E-state index contributed by atoms with van der Waals surface area (Å²) < 4.78 is 11.3. The van der Waals surface area contributed by atoms with Crippen LogP contribution in [0, 0.1) is 40.4 Å². The zero-order valence-corrected chi connectivity index (χ0v) is 20.8. The van der Waals surface area contributed by atoms with E-state index >= 15 is 0 Å². The van der Waals surface area contributed by atoms with Gasteiger partial charge in [0, 0.05) is 19.5 Å². The van der Waals surface area contributed by atoms with Crippen molar-refractivity contribution in [2.75, 3.05) is 14.2 Å². The van der Waals surface area contributed by atoms with Crippen LogP contribution in [0.25, 0.3) is 0 Å². The van der Waals surface area contributed by atoms with Gasteiger partial charge in [-0.15, -0.1) is 0 Å². The van der Waals surface area contributed by atoms with E-state index in [2.05, 4.69) is 25.7 Å². The van der Waals surface area contributed by atoms with Gasteiger partial charge in [-0.1, -0.05) is 32.9 Å². The lowest BCUT2D eigenvalue weighted by Gasteiger charge is -2.63. The molecule has 0 bridgehead atoms. The molecule has 1 saturated heterocycles. The second-order valence-electron chi connectivity index (χ2n) is 11.8. The Bertz CT molecular complexity index is 946. The number of piperidine rings is 1. The molecule has 1 aliphatic heterocycles. The lowest BCUT2D eigenvalue weighted by Crippen LogP contribution is -2.63. The van der Waals surface area contributed by atoms with Crippen molar-refractivity contribution in [1.29, 1.82) is 0 Å². The van der Waals surface area contributed by atoms with Crippen LogP contribution in [-0.2, 0) is 9.59 Å². The third-order valence-electron chi connectivity index (χ3n) is 10.5. The number of carbonyl (C=O) groups excluding carboxylic acids is 2. The summed E-state index contributed by atoms with van der Waals surface area (Å²) in [4.78, 5) is 28.0. The summed E-state index contributed by atoms with van der Waals surface area (Å²) in [7, 11) is 3.62. The van der Waals surface area contributed by atoms with Crippen LogP contribution in [0.4, 0.5) is 0 Å². The SMILES string of the molecule is COc1ccccc1OC(=O)[C@H]1CC[C@H]2[C@@H]3[C@@H](C)C[C@H]4N(C)C(=O)CC[C@]4(C)[C@H]3CC[C@]12C. The summed E-state index contributed by atoms with van der Waals surface area (Å²) in [6, 6.07) is 7.76. The Hall–Kier alpha value is -2.04. The van der Waals surface area contributed by atoms with Crippen molar-refractivity contribution in [3.8, 4) is 11.5 Å². The van der Waals surface area contributed by atoms with Crippen molar-refractivity contribution in [2.45, 2.75) is 71.8 Å². The molecule has 5 heteroatoms. The zero-order chi connectivity index (χ0) is 23.5. The Balaban J connectivity index is 1.39. The molecule has 5 rings (SSSR count). The fourth-order valence-electron chi connectivity index (χ4n) is 8.73. The number of fused-ring (bicyclic) bond motifs is 5. The topological polar surface area (TPSA) is 55.8 Å². The van der Waals surface area contributed by atoms with Crippen LogP contribution in [0.1, 0.15) is 65.7 Å². The Morgan fingerprint density at radius 2 is 1.73 bits per heavy atom. The number of carbonyl (C=O) groups is 2. The maximum atomic E-state index is 13.4. The molecule has 0 radical (unpaired) electrons. The van der Waals surface area contributed by atoms with Crippen LogP contribution in [0.3, 0.4) is 0 Å². The third kappa shape index (κ3) is 3.32. The smallest absolute Gasteiger partial charge is 0.315 e. The van der Waals surface area contributed by atoms with Gasteiger partial charge in [-0.2, -0.15) is 0 Å². The van der Waals surface area contributed by atoms with E-state index in [9.17, 15) is 9.59 Å². The molecule has 0 N–H and O–H groups in total. The highest BCUT2D eigenvalue weighted by atomic mass is 16.6.